The minimum Gasteiger partial charge on any atom is -0.493 e. The third-order valence-corrected chi connectivity index (χ3v) is 3.88. The molecule has 1 aromatic carbocycles. The van der Waals surface area contributed by atoms with E-state index in [1.54, 1.807) is 0 Å². The highest BCUT2D eigenvalue weighted by atomic mass is 16.5. The Balaban J connectivity index is 2.01. The second-order valence-corrected chi connectivity index (χ2v) is 5.79. The van der Waals surface area contributed by atoms with Crippen molar-refractivity contribution in [3.05, 3.63) is 23.3 Å². The van der Waals surface area contributed by atoms with Crippen molar-refractivity contribution in [3.8, 4) is 11.5 Å². The van der Waals surface area contributed by atoms with Gasteiger partial charge in [-0.3, -0.25) is 4.79 Å². The SMILES string of the molecule is CC(=O)Oc1cc(C)c(OCC2CCCCC2)c(C)c1. The number of esters is 1. The lowest BCUT2D eigenvalue weighted by atomic mass is 9.90. The fraction of sp³-hybridized carbons (Fsp3) is 0.588. The summed E-state index contributed by atoms with van der Waals surface area (Å²) in [6, 6.07) is 3.73. The van der Waals surface area contributed by atoms with Crippen molar-refractivity contribution in [3.63, 3.8) is 0 Å². The molecule has 2 rings (SSSR count). The molecule has 1 fully saturated rings. The Bertz CT molecular complexity index is 450. The summed E-state index contributed by atoms with van der Waals surface area (Å²) in [5.41, 5.74) is 2.05. The van der Waals surface area contributed by atoms with Gasteiger partial charge in [0.2, 0.25) is 0 Å². The largest absolute Gasteiger partial charge is 0.493 e. The summed E-state index contributed by atoms with van der Waals surface area (Å²) in [6.07, 6.45) is 6.59. The van der Waals surface area contributed by atoms with E-state index >= 15 is 0 Å². The lowest BCUT2D eigenvalue weighted by Gasteiger charge is -2.23. The van der Waals surface area contributed by atoms with Gasteiger partial charge in [0.05, 0.1) is 6.61 Å². The molecule has 0 N–H and O–H groups in total. The summed E-state index contributed by atoms with van der Waals surface area (Å²) in [6.45, 7) is 6.21. The summed E-state index contributed by atoms with van der Waals surface area (Å²) in [4.78, 5) is 11.0. The number of carbonyl (C=O) groups is 1. The number of rotatable bonds is 4. The van der Waals surface area contributed by atoms with Gasteiger partial charge in [-0.2, -0.15) is 0 Å². The van der Waals surface area contributed by atoms with E-state index in [0.717, 1.165) is 23.5 Å². The molecule has 0 saturated heterocycles. The molecular weight excluding hydrogens is 252 g/mol. The molecule has 0 heterocycles. The maximum Gasteiger partial charge on any atom is 0.308 e. The van der Waals surface area contributed by atoms with E-state index in [2.05, 4.69) is 0 Å². The Morgan fingerprint density at radius 3 is 2.30 bits per heavy atom. The lowest BCUT2D eigenvalue weighted by molar-refractivity contribution is -0.131. The molecule has 1 aliphatic carbocycles. The zero-order valence-corrected chi connectivity index (χ0v) is 12.7. The first-order valence-electron chi connectivity index (χ1n) is 7.48. The molecule has 20 heavy (non-hydrogen) atoms. The molecule has 0 unspecified atom stereocenters. The van der Waals surface area contributed by atoms with Crippen molar-refractivity contribution in [1.29, 1.82) is 0 Å². The fourth-order valence-corrected chi connectivity index (χ4v) is 2.92. The van der Waals surface area contributed by atoms with Gasteiger partial charge in [0, 0.05) is 6.92 Å². The highest BCUT2D eigenvalue weighted by Crippen LogP contribution is 2.30. The fourth-order valence-electron chi connectivity index (χ4n) is 2.92. The van der Waals surface area contributed by atoms with Crippen molar-refractivity contribution in [2.75, 3.05) is 6.61 Å². The Kier molecular flexibility index (Phi) is 5.05. The number of hydrogen-bond acceptors (Lipinski definition) is 3. The molecule has 3 heteroatoms. The van der Waals surface area contributed by atoms with Crippen LogP contribution in [0, 0.1) is 19.8 Å². The van der Waals surface area contributed by atoms with E-state index in [1.165, 1.54) is 39.0 Å². The van der Waals surface area contributed by atoms with Gasteiger partial charge < -0.3 is 9.47 Å². The van der Waals surface area contributed by atoms with E-state index in [1.807, 2.05) is 26.0 Å². The van der Waals surface area contributed by atoms with Gasteiger partial charge in [0.1, 0.15) is 11.5 Å². The van der Waals surface area contributed by atoms with Crippen molar-refractivity contribution >= 4 is 5.97 Å². The molecule has 110 valence electrons. The first-order chi connectivity index (χ1) is 9.56. The third kappa shape index (κ3) is 3.99. The van der Waals surface area contributed by atoms with E-state index in [4.69, 9.17) is 9.47 Å². The molecule has 1 saturated carbocycles. The van der Waals surface area contributed by atoms with Gasteiger partial charge >= 0.3 is 5.97 Å². The van der Waals surface area contributed by atoms with Crippen LogP contribution in [-0.4, -0.2) is 12.6 Å². The molecule has 0 amide bonds. The third-order valence-electron chi connectivity index (χ3n) is 3.88. The molecule has 0 spiro atoms. The van der Waals surface area contributed by atoms with Crippen molar-refractivity contribution < 1.29 is 14.3 Å². The van der Waals surface area contributed by atoms with Crippen molar-refractivity contribution in [2.45, 2.75) is 52.9 Å². The second-order valence-electron chi connectivity index (χ2n) is 5.79. The minimum absolute atomic E-state index is 0.292. The van der Waals surface area contributed by atoms with Crippen LogP contribution in [0.25, 0.3) is 0 Å². The summed E-state index contributed by atoms with van der Waals surface area (Å²) < 4.78 is 11.2. The molecule has 0 radical (unpaired) electrons. The second kappa shape index (κ2) is 6.78. The zero-order chi connectivity index (χ0) is 14.5. The van der Waals surface area contributed by atoms with Crippen LogP contribution in [0.5, 0.6) is 11.5 Å². The Labute approximate surface area is 121 Å². The molecule has 3 nitrogen and oxygen atoms in total. The lowest BCUT2D eigenvalue weighted by Crippen LogP contribution is -2.16. The molecule has 1 aromatic rings. The van der Waals surface area contributed by atoms with Gasteiger partial charge in [0.15, 0.2) is 0 Å². The van der Waals surface area contributed by atoms with Crippen LogP contribution < -0.4 is 9.47 Å². The Morgan fingerprint density at radius 2 is 1.75 bits per heavy atom. The summed E-state index contributed by atoms with van der Waals surface area (Å²) >= 11 is 0. The normalized spacial score (nSPS) is 15.9. The van der Waals surface area contributed by atoms with E-state index in [9.17, 15) is 4.79 Å². The van der Waals surface area contributed by atoms with Gasteiger partial charge in [-0.15, -0.1) is 0 Å². The highest BCUT2D eigenvalue weighted by Gasteiger charge is 2.15. The molecular formula is C17H24O3. The average Bonchev–Trinajstić information content (AvgIpc) is 2.38. The first kappa shape index (κ1) is 14.9. The molecule has 1 aliphatic rings. The molecule has 0 aromatic heterocycles. The summed E-state index contributed by atoms with van der Waals surface area (Å²) in [5, 5.41) is 0. The van der Waals surface area contributed by atoms with Crippen LogP contribution in [0.4, 0.5) is 0 Å². The first-order valence-corrected chi connectivity index (χ1v) is 7.48. The smallest absolute Gasteiger partial charge is 0.308 e. The van der Waals surface area contributed by atoms with Gasteiger partial charge in [-0.25, -0.2) is 0 Å². The maximum atomic E-state index is 11.0. The van der Waals surface area contributed by atoms with Crippen LogP contribution >= 0.6 is 0 Å². The predicted molar refractivity (Wildman–Crippen MR) is 79.3 cm³/mol. The minimum atomic E-state index is -0.292. The number of aryl methyl sites for hydroxylation is 2. The predicted octanol–water partition coefficient (Wildman–Crippen LogP) is 4.19. The maximum absolute atomic E-state index is 11.0. The Morgan fingerprint density at radius 1 is 1.15 bits per heavy atom. The number of benzene rings is 1. The van der Waals surface area contributed by atoms with Crippen LogP contribution in [0.3, 0.4) is 0 Å². The quantitative estimate of drug-likeness (QED) is 0.611. The molecule has 0 aliphatic heterocycles. The van der Waals surface area contributed by atoms with Crippen LogP contribution in [0.2, 0.25) is 0 Å². The van der Waals surface area contributed by atoms with Crippen molar-refractivity contribution in [1.82, 2.24) is 0 Å². The van der Waals surface area contributed by atoms with E-state index < -0.39 is 0 Å². The van der Waals surface area contributed by atoms with E-state index in [0.29, 0.717) is 11.7 Å². The zero-order valence-electron chi connectivity index (χ0n) is 12.7. The van der Waals surface area contributed by atoms with Gasteiger partial charge in [0.25, 0.3) is 0 Å². The highest BCUT2D eigenvalue weighted by molar-refractivity contribution is 5.69. The molecule has 0 atom stereocenters. The van der Waals surface area contributed by atoms with Gasteiger partial charge in [-0.1, -0.05) is 19.3 Å². The summed E-state index contributed by atoms with van der Waals surface area (Å²) in [7, 11) is 0. The summed E-state index contributed by atoms with van der Waals surface area (Å²) in [5.74, 6) is 1.93. The number of ether oxygens (including phenoxy) is 2. The molecule has 0 bridgehead atoms. The Hall–Kier alpha value is -1.51. The topological polar surface area (TPSA) is 35.5 Å². The van der Waals surface area contributed by atoms with Crippen LogP contribution in [0.1, 0.15) is 50.2 Å². The van der Waals surface area contributed by atoms with Crippen molar-refractivity contribution in [2.24, 2.45) is 5.92 Å². The average molecular weight is 276 g/mol. The standard InChI is InChI=1S/C17H24O3/c1-12-9-16(20-14(3)18)10-13(2)17(12)19-11-15-7-5-4-6-8-15/h9-10,15H,4-8,11H2,1-3H3. The van der Waals surface area contributed by atoms with Gasteiger partial charge in [-0.05, 0) is 55.9 Å². The monoisotopic (exact) mass is 276 g/mol. The number of carbonyl (C=O) groups excluding carboxylic acids is 1. The van der Waals surface area contributed by atoms with Crippen LogP contribution in [-0.2, 0) is 4.79 Å². The number of hydrogen-bond donors (Lipinski definition) is 0. The van der Waals surface area contributed by atoms with Crippen LogP contribution in [0.15, 0.2) is 12.1 Å². The van der Waals surface area contributed by atoms with E-state index in [-0.39, 0.29) is 5.97 Å².